The number of nitrogens with zero attached hydrogens (tertiary/aromatic N) is 2. The van der Waals surface area contributed by atoms with Crippen molar-refractivity contribution in [3.8, 4) is 0 Å². The minimum absolute atomic E-state index is 0.144. The lowest BCUT2D eigenvalue weighted by Gasteiger charge is -2.34. The largest absolute Gasteiger partial charge is 0.416 e. The first-order valence-electron chi connectivity index (χ1n) is 6.44. The van der Waals surface area contributed by atoms with Gasteiger partial charge in [-0.25, -0.2) is 4.98 Å². The maximum atomic E-state index is 12.7. The van der Waals surface area contributed by atoms with Crippen molar-refractivity contribution in [2.75, 3.05) is 24.6 Å². The van der Waals surface area contributed by atoms with E-state index in [-0.39, 0.29) is 6.10 Å². The summed E-state index contributed by atoms with van der Waals surface area (Å²) in [5.74, 6) is 0.970. The molecule has 0 spiro atoms. The van der Waals surface area contributed by atoms with E-state index >= 15 is 0 Å². The van der Waals surface area contributed by atoms with Crippen LogP contribution in [0, 0.1) is 5.92 Å². The lowest BCUT2D eigenvalue weighted by molar-refractivity contribution is -0.137. The number of anilines is 1. The van der Waals surface area contributed by atoms with Crippen molar-refractivity contribution in [2.24, 2.45) is 5.92 Å². The molecule has 0 aromatic carbocycles. The molecule has 1 saturated heterocycles. The Bertz CT molecular complexity index is 459. The Kier molecular flexibility index (Phi) is 3.12. The molecule has 104 valence electrons. The molecule has 3 rings (SSSR count). The molecule has 0 N–H and O–H groups in total. The molecule has 2 aliphatic rings. The Morgan fingerprint density at radius 1 is 1.32 bits per heavy atom. The summed E-state index contributed by atoms with van der Waals surface area (Å²) >= 11 is 0. The van der Waals surface area contributed by atoms with Gasteiger partial charge in [-0.2, -0.15) is 13.2 Å². The fraction of sp³-hybridized carbons (Fsp3) is 0.615. The van der Waals surface area contributed by atoms with Gasteiger partial charge < -0.3 is 9.64 Å². The van der Waals surface area contributed by atoms with Crippen molar-refractivity contribution in [1.29, 1.82) is 0 Å². The second-order valence-electron chi connectivity index (χ2n) is 5.09. The highest BCUT2D eigenvalue weighted by atomic mass is 19.4. The normalized spacial score (nSPS) is 24.6. The molecule has 1 aromatic rings. The molecule has 2 heterocycles. The summed E-state index contributed by atoms with van der Waals surface area (Å²) in [6.07, 6.45) is -0.632. The SMILES string of the molecule is FC(F)(F)c1ccnc(N2CCOC(C3CC3)C2)c1. The third-order valence-electron chi connectivity index (χ3n) is 3.64. The van der Waals surface area contributed by atoms with Crippen molar-refractivity contribution < 1.29 is 17.9 Å². The molecule has 19 heavy (non-hydrogen) atoms. The molecule has 2 fully saturated rings. The van der Waals surface area contributed by atoms with Crippen molar-refractivity contribution in [1.82, 2.24) is 4.98 Å². The number of halogens is 3. The van der Waals surface area contributed by atoms with Crippen LogP contribution in [0.5, 0.6) is 0 Å². The van der Waals surface area contributed by atoms with Gasteiger partial charge in [-0.05, 0) is 30.9 Å². The van der Waals surface area contributed by atoms with Crippen LogP contribution in [0.1, 0.15) is 18.4 Å². The second-order valence-corrected chi connectivity index (χ2v) is 5.09. The van der Waals surface area contributed by atoms with Crippen LogP contribution in [0.3, 0.4) is 0 Å². The zero-order valence-electron chi connectivity index (χ0n) is 10.4. The first-order valence-corrected chi connectivity index (χ1v) is 6.44. The Balaban J connectivity index is 1.77. The van der Waals surface area contributed by atoms with E-state index in [2.05, 4.69) is 4.98 Å². The first kappa shape index (κ1) is 12.7. The molecular weight excluding hydrogens is 257 g/mol. The summed E-state index contributed by atoms with van der Waals surface area (Å²) in [6.45, 7) is 1.79. The van der Waals surface area contributed by atoms with Crippen LogP contribution in [-0.2, 0) is 10.9 Å². The molecule has 6 heteroatoms. The second kappa shape index (κ2) is 4.67. The van der Waals surface area contributed by atoms with Crippen LogP contribution in [0.4, 0.5) is 19.0 Å². The van der Waals surface area contributed by atoms with Gasteiger partial charge in [0.2, 0.25) is 0 Å². The molecular formula is C13H15F3N2O. The first-order chi connectivity index (χ1) is 9.04. The molecule has 0 bridgehead atoms. The fourth-order valence-electron chi connectivity index (χ4n) is 2.40. The topological polar surface area (TPSA) is 25.4 Å². The average Bonchev–Trinajstić information content (AvgIpc) is 3.22. The monoisotopic (exact) mass is 272 g/mol. The highest BCUT2D eigenvalue weighted by Gasteiger charge is 2.36. The van der Waals surface area contributed by atoms with E-state index in [0.29, 0.717) is 31.4 Å². The summed E-state index contributed by atoms with van der Waals surface area (Å²) in [7, 11) is 0. The van der Waals surface area contributed by atoms with Crippen LogP contribution in [0.15, 0.2) is 18.3 Å². The van der Waals surface area contributed by atoms with Gasteiger partial charge in [-0.3, -0.25) is 0 Å². The Labute approximate surface area is 109 Å². The molecule has 0 amide bonds. The standard InChI is InChI=1S/C13H15F3N2O/c14-13(15,16)10-3-4-17-12(7-10)18-5-6-19-11(8-18)9-1-2-9/h3-4,7,9,11H,1-2,5-6,8H2. The lowest BCUT2D eigenvalue weighted by atomic mass is 10.2. The van der Waals surface area contributed by atoms with E-state index in [1.54, 1.807) is 0 Å². The minimum atomic E-state index is -4.32. The molecule has 1 unspecified atom stereocenters. The molecule has 1 atom stereocenters. The molecule has 1 aliphatic heterocycles. The van der Waals surface area contributed by atoms with Gasteiger partial charge in [0.25, 0.3) is 0 Å². The van der Waals surface area contributed by atoms with Gasteiger partial charge in [0.1, 0.15) is 5.82 Å². The minimum Gasteiger partial charge on any atom is -0.374 e. The molecule has 1 aromatic heterocycles. The van der Waals surface area contributed by atoms with E-state index in [1.165, 1.54) is 6.20 Å². The van der Waals surface area contributed by atoms with Crippen molar-refractivity contribution in [3.05, 3.63) is 23.9 Å². The number of rotatable bonds is 2. The third-order valence-corrected chi connectivity index (χ3v) is 3.64. The van der Waals surface area contributed by atoms with Gasteiger partial charge >= 0.3 is 6.18 Å². The Hall–Kier alpha value is -1.30. The van der Waals surface area contributed by atoms with Crippen LogP contribution in [-0.4, -0.2) is 30.8 Å². The average molecular weight is 272 g/mol. The zero-order chi connectivity index (χ0) is 13.5. The number of morpholine rings is 1. The number of pyridine rings is 1. The summed E-state index contributed by atoms with van der Waals surface area (Å²) < 4.78 is 43.7. The van der Waals surface area contributed by atoms with Gasteiger partial charge in [0.15, 0.2) is 0 Å². The van der Waals surface area contributed by atoms with E-state index in [4.69, 9.17) is 4.74 Å². The van der Waals surface area contributed by atoms with Gasteiger partial charge in [-0.1, -0.05) is 0 Å². The summed E-state index contributed by atoms with van der Waals surface area (Å²) in [5, 5.41) is 0. The predicted octanol–water partition coefficient (Wildman–Crippen LogP) is 2.72. The van der Waals surface area contributed by atoms with Crippen molar-refractivity contribution >= 4 is 5.82 Å². The number of aromatic nitrogens is 1. The highest BCUT2D eigenvalue weighted by Crippen LogP contribution is 2.37. The smallest absolute Gasteiger partial charge is 0.374 e. The third kappa shape index (κ3) is 2.83. The van der Waals surface area contributed by atoms with E-state index in [9.17, 15) is 13.2 Å². The van der Waals surface area contributed by atoms with E-state index in [1.807, 2.05) is 4.90 Å². The molecule has 0 radical (unpaired) electrons. The highest BCUT2D eigenvalue weighted by molar-refractivity contribution is 5.42. The van der Waals surface area contributed by atoms with Gasteiger partial charge in [-0.15, -0.1) is 0 Å². The number of hydrogen-bond acceptors (Lipinski definition) is 3. The quantitative estimate of drug-likeness (QED) is 0.827. The summed E-state index contributed by atoms with van der Waals surface area (Å²) in [6, 6.07) is 2.12. The number of ether oxygens (including phenoxy) is 1. The number of hydrogen-bond donors (Lipinski definition) is 0. The molecule has 3 nitrogen and oxygen atoms in total. The Morgan fingerprint density at radius 2 is 2.11 bits per heavy atom. The van der Waals surface area contributed by atoms with Crippen LogP contribution < -0.4 is 4.90 Å². The van der Waals surface area contributed by atoms with Crippen LogP contribution >= 0.6 is 0 Å². The molecule has 1 saturated carbocycles. The molecule has 1 aliphatic carbocycles. The van der Waals surface area contributed by atoms with Gasteiger partial charge in [0, 0.05) is 19.3 Å². The van der Waals surface area contributed by atoms with Gasteiger partial charge in [0.05, 0.1) is 18.3 Å². The fourth-order valence-corrected chi connectivity index (χ4v) is 2.40. The number of alkyl halides is 3. The maximum absolute atomic E-state index is 12.7. The van der Waals surface area contributed by atoms with Crippen LogP contribution in [0.25, 0.3) is 0 Å². The summed E-state index contributed by atoms with van der Waals surface area (Å²) in [4.78, 5) is 5.95. The summed E-state index contributed by atoms with van der Waals surface area (Å²) in [5.41, 5.74) is -0.646. The van der Waals surface area contributed by atoms with Crippen molar-refractivity contribution in [3.63, 3.8) is 0 Å². The lowest BCUT2D eigenvalue weighted by Crippen LogP contribution is -2.43. The zero-order valence-corrected chi connectivity index (χ0v) is 10.4. The maximum Gasteiger partial charge on any atom is 0.416 e. The van der Waals surface area contributed by atoms with Crippen molar-refractivity contribution in [2.45, 2.75) is 25.1 Å². The Morgan fingerprint density at radius 3 is 2.79 bits per heavy atom. The van der Waals surface area contributed by atoms with Crippen LogP contribution in [0.2, 0.25) is 0 Å². The predicted molar refractivity (Wildman–Crippen MR) is 63.9 cm³/mol. The van der Waals surface area contributed by atoms with E-state index < -0.39 is 11.7 Å². The van der Waals surface area contributed by atoms with E-state index in [0.717, 1.165) is 25.0 Å².